The molecular weight excluding hydrogens is 200 g/mol. The van der Waals surface area contributed by atoms with E-state index in [9.17, 15) is 0 Å². The van der Waals surface area contributed by atoms with Gasteiger partial charge in [0.2, 0.25) is 0 Å². The lowest BCUT2D eigenvalue weighted by atomic mass is 10.3. The van der Waals surface area contributed by atoms with Crippen LogP contribution in [0.3, 0.4) is 0 Å². The van der Waals surface area contributed by atoms with Gasteiger partial charge in [0, 0.05) is 19.6 Å². The summed E-state index contributed by atoms with van der Waals surface area (Å²) in [7, 11) is 0. The standard InChI is InChI=1S/C12H24N4/c1-5-8-9-15(6-2)12-11(13)10(4)14-16(12)7-3/h5-9,13H2,1-4H3. The Hall–Kier alpha value is -1.19. The monoisotopic (exact) mass is 224 g/mol. The van der Waals surface area contributed by atoms with Crippen molar-refractivity contribution in [3.63, 3.8) is 0 Å². The fourth-order valence-corrected chi connectivity index (χ4v) is 1.90. The summed E-state index contributed by atoms with van der Waals surface area (Å²) in [6.07, 6.45) is 2.40. The molecule has 0 amide bonds. The van der Waals surface area contributed by atoms with Crippen molar-refractivity contribution in [2.24, 2.45) is 0 Å². The van der Waals surface area contributed by atoms with Crippen molar-refractivity contribution in [2.75, 3.05) is 23.7 Å². The molecule has 0 aliphatic carbocycles. The summed E-state index contributed by atoms with van der Waals surface area (Å²) in [4.78, 5) is 2.32. The maximum absolute atomic E-state index is 6.10. The van der Waals surface area contributed by atoms with E-state index in [1.54, 1.807) is 0 Å². The Morgan fingerprint density at radius 2 is 2.00 bits per heavy atom. The predicted molar refractivity (Wildman–Crippen MR) is 69.8 cm³/mol. The molecule has 4 nitrogen and oxygen atoms in total. The lowest BCUT2D eigenvalue weighted by Gasteiger charge is -2.24. The largest absolute Gasteiger partial charge is 0.394 e. The molecule has 0 bridgehead atoms. The normalized spacial score (nSPS) is 10.8. The highest BCUT2D eigenvalue weighted by Gasteiger charge is 2.16. The molecule has 4 heteroatoms. The number of unbranched alkanes of at least 4 members (excludes halogenated alkanes) is 1. The van der Waals surface area contributed by atoms with Gasteiger partial charge in [-0.15, -0.1) is 0 Å². The van der Waals surface area contributed by atoms with Gasteiger partial charge in [0.15, 0.2) is 5.82 Å². The van der Waals surface area contributed by atoms with Crippen molar-refractivity contribution in [2.45, 2.75) is 47.1 Å². The average molecular weight is 224 g/mol. The first kappa shape index (κ1) is 12.9. The van der Waals surface area contributed by atoms with Crippen LogP contribution in [0.1, 0.15) is 39.3 Å². The molecule has 0 saturated heterocycles. The van der Waals surface area contributed by atoms with Gasteiger partial charge in [0.25, 0.3) is 0 Å². The third-order valence-corrected chi connectivity index (χ3v) is 2.91. The van der Waals surface area contributed by atoms with Gasteiger partial charge in [-0.2, -0.15) is 5.10 Å². The minimum absolute atomic E-state index is 0.833. The van der Waals surface area contributed by atoms with Crippen molar-refractivity contribution in [3.05, 3.63) is 5.69 Å². The fraction of sp³-hybridized carbons (Fsp3) is 0.750. The van der Waals surface area contributed by atoms with Crippen LogP contribution in [0.4, 0.5) is 11.5 Å². The maximum atomic E-state index is 6.10. The van der Waals surface area contributed by atoms with Crippen LogP contribution in [0.15, 0.2) is 0 Å². The summed E-state index contributed by atoms with van der Waals surface area (Å²) in [5.74, 6) is 1.09. The molecule has 1 aromatic heterocycles. The topological polar surface area (TPSA) is 47.1 Å². The van der Waals surface area contributed by atoms with Crippen LogP contribution in [-0.2, 0) is 6.54 Å². The lowest BCUT2D eigenvalue weighted by Crippen LogP contribution is -2.27. The van der Waals surface area contributed by atoms with Crippen LogP contribution >= 0.6 is 0 Å². The summed E-state index contributed by atoms with van der Waals surface area (Å²) in [6.45, 7) is 11.4. The molecule has 1 heterocycles. The fourth-order valence-electron chi connectivity index (χ4n) is 1.90. The number of aryl methyl sites for hydroxylation is 2. The molecule has 0 saturated carbocycles. The third kappa shape index (κ3) is 2.49. The van der Waals surface area contributed by atoms with E-state index in [-0.39, 0.29) is 0 Å². The lowest BCUT2D eigenvalue weighted by molar-refractivity contribution is 0.623. The summed E-state index contributed by atoms with van der Waals surface area (Å²) >= 11 is 0. The molecule has 0 unspecified atom stereocenters. The van der Waals surface area contributed by atoms with E-state index in [1.807, 2.05) is 11.6 Å². The molecule has 0 radical (unpaired) electrons. The molecule has 16 heavy (non-hydrogen) atoms. The second-order valence-corrected chi connectivity index (χ2v) is 4.07. The molecule has 0 aliphatic heterocycles. The number of hydrogen-bond acceptors (Lipinski definition) is 3. The Morgan fingerprint density at radius 3 is 2.50 bits per heavy atom. The Kier molecular flexibility index (Phi) is 4.65. The Morgan fingerprint density at radius 1 is 1.31 bits per heavy atom. The van der Waals surface area contributed by atoms with E-state index in [0.29, 0.717) is 0 Å². The average Bonchev–Trinajstić information content (AvgIpc) is 2.57. The van der Waals surface area contributed by atoms with Gasteiger partial charge in [-0.1, -0.05) is 13.3 Å². The molecule has 92 valence electrons. The highest BCUT2D eigenvalue weighted by Crippen LogP contribution is 2.26. The zero-order valence-corrected chi connectivity index (χ0v) is 11.0. The SMILES string of the molecule is CCCCN(CC)c1c(N)c(C)nn1CC. The smallest absolute Gasteiger partial charge is 0.150 e. The predicted octanol–water partition coefficient (Wildman–Crippen LogP) is 2.42. The first-order valence-corrected chi connectivity index (χ1v) is 6.23. The number of nitrogen functional groups attached to an aromatic ring is 1. The van der Waals surface area contributed by atoms with Crippen molar-refractivity contribution < 1.29 is 0 Å². The van der Waals surface area contributed by atoms with Gasteiger partial charge >= 0.3 is 0 Å². The number of anilines is 2. The second-order valence-electron chi connectivity index (χ2n) is 4.07. The molecule has 0 atom stereocenters. The van der Waals surface area contributed by atoms with Crippen LogP contribution in [0.2, 0.25) is 0 Å². The second kappa shape index (κ2) is 5.77. The van der Waals surface area contributed by atoms with Gasteiger partial charge in [-0.25, -0.2) is 4.68 Å². The van der Waals surface area contributed by atoms with Crippen LogP contribution in [0.25, 0.3) is 0 Å². The van der Waals surface area contributed by atoms with Crippen LogP contribution in [0, 0.1) is 6.92 Å². The Labute approximate surface area is 98.4 Å². The quantitative estimate of drug-likeness (QED) is 0.807. The minimum Gasteiger partial charge on any atom is -0.394 e. The molecule has 2 N–H and O–H groups in total. The molecular formula is C12H24N4. The number of hydrogen-bond donors (Lipinski definition) is 1. The van der Waals surface area contributed by atoms with Crippen molar-refractivity contribution >= 4 is 11.5 Å². The molecule has 1 aromatic rings. The van der Waals surface area contributed by atoms with Crippen molar-refractivity contribution in [3.8, 4) is 0 Å². The highest BCUT2D eigenvalue weighted by molar-refractivity contribution is 5.66. The summed E-state index contributed by atoms with van der Waals surface area (Å²) in [6, 6.07) is 0. The highest BCUT2D eigenvalue weighted by atomic mass is 15.4. The molecule has 0 aliphatic rings. The van der Waals surface area contributed by atoms with Gasteiger partial charge in [-0.05, 0) is 27.2 Å². The number of rotatable bonds is 6. The minimum atomic E-state index is 0.833. The molecule has 0 fully saturated rings. The van der Waals surface area contributed by atoms with Crippen molar-refractivity contribution in [1.82, 2.24) is 9.78 Å². The summed E-state index contributed by atoms with van der Waals surface area (Å²) in [5.41, 5.74) is 7.87. The first-order chi connectivity index (χ1) is 7.65. The summed E-state index contributed by atoms with van der Waals surface area (Å²) in [5, 5.41) is 4.46. The van der Waals surface area contributed by atoms with E-state index in [0.717, 1.165) is 36.8 Å². The van der Waals surface area contributed by atoms with Gasteiger partial charge in [-0.3, -0.25) is 0 Å². The zero-order valence-electron chi connectivity index (χ0n) is 11.0. The van der Waals surface area contributed by atoms with E-state index < -0.39 is 0 Å². The van der Waals surface area contributed by atoms with E-state index in [2.05, 4.69) is 30.8 Å². The van der Waals surface area contributed by atoms with Crippen LogP contribution in [0.5, 0.6) is 0 Å². The number of nitrogens with zero attached hydrogens (tertiary/aromatic N) is 3. The Balaban J connectivity index is 2.98. The van der Waals surface area contributed by atoms with Gasteiger partial charge < -0.3 is 10.6 Å². The van der Waals surface area contributed by atoms with Gasteiger partial charge in [0.05, 0.1) is 11.4 Å². The van der Waals surface area contributed by atoms with Crippen LogP contribution in [-0.4, -0.2) is 22.9 Å². The maximum Gasteiger partial charge on any atom is 0.150 e. The van der Waals surface area contributed by atoms with E-state index in [1.165, 1.54) is 12.8 Å². The van der Waals surface area contributed by atoms with Crippen LogP contribution < -0.4 is 10.6 Å². The molecule has 1 rings (SSSR count). The third-order valence-electron chi connectivity index (χ3n) is 2.91. The molecule has 0 aromatic carbocycles. The van der Waals surface area contributed by atoms with Crippen molar-refractivity contribution in [1.29, 1.82) is 0 Å². The van der Waals surface area contributed by atoms with E-state index >= 15 is 0 Å². The zero-order chi connectivity index (χ0) is 12.1. The number of aromatic nitrogens is 2. The first-order valence-electron chi connectivity index (χ1n) is 6.23. The van der Waals surface area contributed by atoms with Gasteiger partial charge in [0.1, 0.15) is 0 Å². The Bertz CT molecular complexity index is 330. The number of nitrogens with two attached hydrogens (primary N) is 1. The van der Waals surface area contributed by atoms with E-state index in [4.69, 9.17) is 5.73 Å². The molecule has 0 spiro atoms. The summed E-state index contributed by atoms with van der Waals surface area (Å²) < 4.78 is 2.00.